The fraction of sp³-hybridized carbons (Fsp3) is 0.600. The summed E-state index contributed by atoms with van der Waals surface area (Å²) < 4.78 is 10.6. The third-order valence-corrected chi connectivity index (χ3v) is 4.24. The van der Waals surface area contributed by atoms with Crippen molar-refractivity contribution >= 4 is 12.1 Å². The number of piperidine rings is 1. The normalized spacial score (nSPS) is 21.1. The quantitative estimate of drug-likeness (QED) is 0.816. The zero-order chi connectivity index (χ0) is 19.2. The third kappa shape index (κ3) is 6.33. The van der Waals surface area contributed by atoms with E-state index in [1.54, 1.807) is 6.92 Å². The fourth-order valence-corrected chi connectivity index (χ4v) is 3.12. The highest BCUT2D eigenvalue weighted by atomic mass is 16.6. The van der Waals surface area contributed by atoms with Gasteiger partial charge in [-0.2, -0.15) is 0 Å². The number of benzene rings is 1. The van der Waals surface area contributed by atoms with Crippen LogP contribution in [0, 0.1) is 5.92 Å². The molecule has 0 aromatic heterocycles. The van der Waals surface area contributed by atoms with Crippen LogP contribution < -0.4 is 5.32 Å². The van der Waals surface area contributed by atoms with Crippen LogP contribution in [-0.4, -0.2) is 48.3 Å². The number of likely N-dealkylation sites (tertiary alicyclic amines) is 1. The Morgan fingerprint density at radius 1 is 1.23 bits per heavy atom. The van der Waals surface area contributed by atoms with Crippen molar-refractivity contribution in [1.82, 2.24) is 10.2 Å². The van der Waals surface area contributed by atoms with Crippen molar-refractivity contribution in [2.24, 2.45) is 5.92 Å². The van der Waals surface area contributed by atoms with Crippen molar-refractivity contribution in [3.05, 3.63) is 35.9 Å². The maximum absolute atomic E-state index is 12.4. The molecule has 1 aromatic rings. The summed E-state index contributed by atoms with van der Waals surface area (Å²) in [5.74, 6) is -0.675. The van der Waals surface area contributed by atoms with Crippen molar-refractivity contribution in [1.29, 1.82) is 0 Å². The molecule has 6 nitrogen and oxygen atoms in total. The summed E-state index contributed by atoms with van der Waals surface area (Å²) in [5, 5.41) is 2.86. The zero-order valence-corrected chi connectivity index (χ0v) is 16.2. The van der Waals surface area contributed by atoms with E-state index in [1.807, 2.05) is 39.0 Å². The van der Waals surface area contributed by atoms with Gasteiger partial charge in [-0.3, -0.25) is 9.69 Å². The van der Waals surface area contributed by atoms with Gasteiger partial charge in [0, 0.05) is 25.7 Å². The van der Waals surface area contributed by atoms with E-state index in [-0.39, 0.29) is 12.0 Å². The molecule has 0 radical (unpaired) electrons. The van der Waals surface area contributed by atoms with Crippen molar-refractivity contribution in [2.45, 2.75) is 52.3 Å². The second-order valence-corrected chi connectivity index (χ2v) is 7.62. The van der Waals surface area contributed by atoms with Gasteiger partial charge < -0.3 is 14.8 Å². The lowest BCUT2D eigenvalue weighted by molar-refractivity contribution is -0.151. The highest BCUT2D eigenvalue weighted by Gasteiger charge is 2.37. The summed E-state index contributed by atoms with van der Waals surface area (Å²) in [5.41, 5.74) is 0.631. The summed E-state index contributed by atoms with van der Waals surface area (Å²) in [6.45, 7) is 9.69. The first-order chi connectivity index (χ1) is 12.3. The summed E-state index contributed by atoms with van der Waals surface area (Å²) in [4.78, 5) is 26.8. The first-order valence-corrected chi connectivity index (χ1v) is 9.21. The van der Waals surface area contributed by atoms with Crippen LogP contribution in [-0.2, 0) is 20.8 Å². The molecule has 1 aliphatic rings. The van der Waals surface area contributed by atoms with Crippen molar-refractivity contribution in [3.63, 3.8) is 0 Å². The summed E-state index contributed by atoms with van der Waals surface area (Å²) >= 11 is 0. The number of carbonyl (C=O) groups is 2. The molecule has 144 valence electrons. The third-order valence-electron chi connectivity index (χ3n) is 4.24. The zero-order valence-electron chi connectivity index (χ0n) is 16.2. The minimum Gasteiger partial charge on any atom is -0.466 e. The molecule has 1 aromatic carbocycles. The lowest BCUT2D eigenvalue weighted by Crippen LogP contribution is -2.54. The number of nitrogens with zero attached hydrogens (tertiary/aromatic N) is 1. The molecule has 1 heterocycles. The van der Waals surface area contributed by atoms with Crippen LogP contribution in [0.1, 0.15) is 39.7 Å². The van der Waals surface area contributed by atoms with Crippen LogP contribution in [0.3, 0.4) is 0 Å². The van der Waals surface area contributed by atoms with Crippen LogP contribution in [0.15, 0.2) is 30.3 Å². The van der Waals surface area contributed by atoms with E-state index in [2.05, 4.69) is 22.3 Å². The van der Waals surface area contributed by atoms with Crippen LogP contribution in [0.5, 0.6) is 0 Å². The summed E-state index contributed by atoms with van der Waals surface area (Å²) in [6.07, 6.45) is 0.184. The standard InChI is InChI=1S/C20H30N2O4/c1-5-25-18(23)16-14-22(13-15-9-7-6-8-10-15)12-11-17(16)21-19(24)26-20(2,3)4/h6-10,16-17H,5,11-14H2,1-4H3,(H,21,24)/t16-,17-/m1/s1. The van der Waals surface area contributed by atoms with Crippen molar-refractivity contribution in [2.75, 3.05) is 19.7 Å². The maximum Gasteiger partial charge on any atom is 0.407 e. The van der Waals surface area contributed by atoms with Crippen LogP contribution in [0.4, 0.5) is 4.79 Å². The topological polar surface area (TPSA) is 67.9 Å². The van der Waals surface area contributed by atoms with Crippen LogP contribution in [0.25, 0.3) is 0 Å². The monoisotopic (exact) mass is 362 g/mol. The molecule has 0 spiro atoms. The number of amides is 1. The molecule has 1 amide bonds. The van der Waals surface area contributed by atoms with E-state index < -0.39 is 17.6 Å². The number of carbonyl (C=O) groups excluding carboxylic acids is 2. The molecule has 1 aliphatic heterocycles. The first kappa shape index (κ1) is 20.2. The number of alkyl carbamates (subject to hydrolysis) is 1. The molecule has 1 N–H and O–H groups in total. The van der Waals surface area contributed by atoms with Crippen LogP contribution >= 0.6 is 0 Å². The SMILES string of the molecule is CCOC(=O)[C@@H]1CN(Cc2ccccc2)CC[C@H]1NC(=O)OC(C)(C)C. The Balaban J connectivity index is 2.02. The molecule has 0 aliphatic carbocycles. The Morgan fingerprint density at radius 3 is 2.54 bits per heavy atom. The minimum absolute atomic E-state index is 0.272. The maximum atomic E-state index is 12.4. The predicted octanol–water partition coefficient (Wildman–Crippen LogP) is 2.96. The number of hydrogen-bond acceptors (Lipinski definition) is 5. The Labute approximate surface area is 155 Å². The van der Waals surface area contributed by atoms with Gasteiger partial charge in [-0.25, -0.2) is 4.79 Å². The van der Waals surface area contributed by atoms with E-state index in [9.17, 15) is 9.59 Å². The van der Waals surface area contributed by atoms with Gasteiger partial charge in [0.05, 0.1) is 12.5 Å². The molecule has 2 rings (SSSR count). The Hall–Kier alpha value is -2.08. The molecule has 0 unspecified atom stereocenters. The van der Waals surface area contributed by atoms with E-state index in [0.29, 0.717) is 19.6 Å². The van der Waals surface area contributed by atoms with Gasteiger partial charge in [-0.15, -0.1) is 0 Å². The molecule has 0 saturated carbocycles. The van der Waals surface area contributed by atoms with Crippen LogP contribution in [0.2, 0.25) is 0 Å². The number of hydrogen-bond donors (Lipinski definition) is 1. The van der Waals surface area contributed by atoms with Gasteiger partial charge >= 0.3 is 12.1 Å². The van der Waals surface area contributed by atoms with E-state index in [4.69, 9.17) is 9.47 Å². The van der Waals surface area contributed by atoms with E-state index in [1.165, 1.54) is 5.56 Å². The first-order valence-electron chi connectivity index (χ1n) is 9.21. The smallest absolute Gasteiger partial charge is 0.407 e. The number of nitrogens with one attached hydrogen (secondary N) is 1. The predicted molar refractivity (Wildman–Crippen MR) is 99.6 cm³/mol. The Bertz CT molecular complexity index is 598. The van der Waals surface area contributed by atoms with E-state index >= 15 is 0 Å². The van der Waals surface area contributed by atoms with Gasteiger partial charge in [-0.05, 0) is 39.7 Å². The number of esters is 1. The minimum atomic E-state index is -0.572. The molecule has 1 saturated heterocycles. The number of rotatable bonds is 5. The van der Waals surface area contributed by atoms with Crippen molar-refractivity contribution < 1.29 is 19.1 Å². The molecular formula is C20H30N2O4. The largest absolute Gasteiger partial charge is 0.466 e. The summed E-state index contributed by atoms with van der Waals surface area (Å²) in [7, 11) is 0. The molecule has 0 bridgehead atoms. The lowest BCUT2D eigenvalue weighted by Gasteiger charge is -2.37. The van der Waals surface area contributed by atoms with Gasteiger partial charge in [0.15, 0.2) is 0 Å². The van der Waals surface area contributed by atoms with Gasteiger partial charge in [0.25, 0.3) is 0 Å². The molecule has 26 heavy (non-hydrogen) atoms. The van der Waals surface area contributed by atoms with Gasteiger partial charge in [0.1, 0.15) is 5.60 Å². The highest BCUT2D eigenvalue weighted by Crippen LogP contribution is 2.21. The molecule has 2 atom stereocenters. The lowest BCUT2D eigenvalue weighted by atomic mass is 9.91. The Kier molecular flexibility index (Phi) is 7.03. The molecule has 6 heteroatoms. The Morgan fingerprint density at radius 2 is 1.92 bits per heavy atom. The van der Waals surface area contributed by atoms with E-state index in [0.717, 1.165) is 13.1 Å². The highest BCUT2D eigenvalue weighted by molar-refractivity contribution is 5.75. The second-order valence-electron chi connectivity index (χ2n) is 7.62. The van der Waals surface area contributed by atoms with Crippen molar-refractivity contribution in [3.8, 4) is 0 Å². The second kappa shape index (κ2) is 9.03. The van der Waals surface area contributed by atoms with Gasteiger partial charge in [0.2, 0.25) is 0 Å². The summed E-state index contributed by atoms with van der Waals surface area (Å²) in [6, 6.07) is 9.87. The molecule has 1 fully saturated rings. The van der Waals surface area contributed by atoms with Gasteiger partial charge in [-0.1, -0.05) is 30.3 Å². The average Bonchev–Trinajstić information content (AvgIpc) is 2.55. The number of ether oxygens (including phenoxy) is 2. The fourth-order valence-electron chi connectivity index (χ4n) is 3.12. The molecular weight excluding hydrogens is 332 g/mol. The average molecular weight is 362 g/mol.